The van der Waals surface area contributed by atoms with Gasteiger partial charge in [-0.15, -0.1) is 0 Å². The molecule has 1 atom stereocenters. The first-order chi connectivity index (χ1) is 13.1. The molecule has 1 aliphatic rings. The summed E-state index contributed by atoms with van der Waals surface area (Å²) in [5.41, 5.74) is 3.69. The average molecular weight is 399 g/mol. The van der Waals surface area contributed by atoms with Gasteiger partial charge in [0.2, 0.25) is 6.29 Å². The lowest BCUT2D eigenvalue weighted by Gasteiger charge is -2.23. The van der Waals surface area contributed by atoms with E-state index in [1.807, 2.05) is 48.5 Å². The second-order valence-corrected chi connectivity index (χ2v) is 6.98. The van der Waals surface area contributed by atoms with Crippen LogP contribution in [0.1, 0.15) is 16.7 Å². The summed E-state index contributed by atoms with van der Waals surface area (Å²) in [5.74, 6) is 1.20. The van der Waals surface area contributed by atoms with E-state index >= 15 is 0 Å². The fraction of sp³-hybridized carbons (Fsp3) is 0.0909. The molecule has 1 aliphatic heterocycles. The van der Waals surface area contributed by atoms with Gasteiger partial charge in [0.25, 0.3) is 0 Å². The molecule has 3 aromatic carbocycles. The number of hydrogen-bond acceptors (Lipinski definition) is 3. The smallest absolute Gasteiger partial charge is 0.218 e. The summed E-state index contributed by atoms with van der Waals surface area (Å²) in [4.78, 5) is 0. The van der Waals surface area contributed by atoms with Gasteiger partial charge in [0.1, 0.15) is 18.1 Å². The van der Waals surface area contributed by atoms with E-state index in [-0.39, 0.29) is 0 Å². The summed E-state index contributed by atoms with van der Waals surface area (Å²) < 4.78 is 11.4. The largest absolute Gasteiger partial charge is 0.489 e. The Morgan fingerprint density at radius 2 is 1.78 bits per heavy atom. The van der Waals surface area contributed by atoms with Crippen LogP contribution < -0.4 is 9.47 Å². The number of aliphatic hydroxyl groups is 1. The predicted molar refractivity (Wildman–Crippen MR) is 107 cm³/mol. The van der Waals surface area contributed by atoms with Crippen molar-refractivity contribution in [1.82, 2.24) is 0 Å². The maximum absolute atomic E-state index is 10.1. The van der Waals surface area contributed by atoms with E-state index in [2.05, 4.69) is 0 Å². The number of hydrogen-bond donors (Lipinski definition) is 1. The third kappa shape index (κ3) is 3.96. The summed E-state index contributed by atoms with van der Waals surface area (Å²) in [7, 11) is 0. The number of fused-ring (bicyclic) bond motifs is 1. The van der Waals surface area contributed by atoms with Crippen LogP contribution in [-0.2, 0) is 6.61 Å². The van der Waals surface area contributed by atoms with Crippen molar-refractivity contribution >= 4 is 28.8 Å². The van der Waals surface area contributed by atoms with E-state index in [0.29, 0.717) is 28.2 Å². The molecular weight excluding hydrogens is 383 g/mol. The molecule has 4 rings (SSSR count). The van der Waals surface area contributed by atoms with E-state index < -0.39 is 6.29 Å². The number of benzene rings is 3. The highest BCUT2D eigenvalue weighted by Crippen LogP contribution is 2.38. The average Bonchev–Trinajstić information content (AvgIpc) is 2.67. The van der Waals surface area contributed by atoms with Gasteiger partial charge in [0, 0.05) is 27.2 Å². The van der Waals surface area contributed by atoms with Gasteiger partial charge in [-0.2, -0.15) is 0 Å². The summed E-state index contributed by atoms with van der Waals surface area (Å²) in [5, 5.41) is 11.2. The predicted octanol–water partition coefficient (Wildman–Crippen LogP) is 5.71. The molecule has 0 fully saturated rings. The second-order valence-electron chi connectivity index (χ2n) is 6.14. The van der Waals surface area contributed by atoms with Gasteiger partial charge in [-0.1, -0.05) is 59.6 Å². The summed E-state index contributed by atoms with van der Waals surface area (Å²) in [6, 6.07) is 20.8. The second kappa shape index (κ2) is 7.65. The highest BCUT2D eigenvalue weighted by Gasteiger charge is 2.21. The third-order valence-corrected chi connectivity index (χ3v) is 4.88. The van der Waals surface area contributed by atoms with Crippen LogP contribution in [0.4, 0.5) is 0 Å². The first-order valence-electron chi connectivity index (χ1n) is 8.43. The molecule has 3 aromatic rings. The van der Waals surface area contributed by atoms with E-state index in [0.717, 1.165) is 22.3 Å². The Hall–Kier alpha value is -2.46. The zero-order valence-corrected chi connectivity index (χ0v) is 15.7. The molecule has 136 valence electrons. The Bertz CT molecular complexity index is 1000. The lowest BCUT2D eigenvalue weighted by molar-refractivity contribution is 0.0224. The van der Waals surface area contributed by atoms with Crippen LogP contribution in [0.25, 0.3) is 5.57 Å². The van der Waals surface area contributed by atoms with Gasteiger partial charge in [0.15, 0.2) is 0 Å². The molecule has 27 heavy (non-hydrogen) atoms. The van der Waals surface area contributed by atoms with Crippen molar-refractivity contribution in [1.29, 1.82) is 0 Å². The summed E-state index contributed by atoms with van der Waals surface area (Å²) in [6.45, 7) is 0.304. The quantitative estimate of drug-likeness (QED) is 0.610. The zero-order valence-electron chi connectivity index (χ0n) is 14.2. The van der Waals surface area contributed by atoms with Crippen LogP contribution >= 0.6 is 23.2 Å². The van der Waals surface area contributed by atoms with Gasteiger partial charge in [-0.25, -0.2) is 0 Å². The van der Waals surface area contributed by atoms with Crippen molar-refractivity contribution in [3.63, 3.8) is 0 Å². The van der Waals surface area contributed by atoms with Crippen LogP contribution in [0, 0.1) is 0 Å². The topological polar surface area (TPSA) is 38.7 Å². The van der Waals surface area contributed by atoms with Crippen molar-refractivity contribution in [2.24, 2.45) is 0 Å². The summed E-state index contributed by atoms with van der Waals surface area (Å²) >= 11 is 12.1. The van der Waals surface area contributed by atoms with Gasteiger partial charge in [0.05, 0.1) is 0 Å². The lowest BCUT2D eigenvalue weighted by Crippen LogP contribution is -2.18. The van der Waals surface area contributed by atoms with Crippen LogP contribution in [0.15, 0.2) is 72.8 Å². The zero-order chi connectivity index (χ0) is 18.8. The number of aliphatic hydroxyl groups excluding tert-OH is 1. The minimum atomic E-state index is -1.01. The fourth-order valence-electron chi connectivity index (χ4n) is 2.98. The number of rotatable bonds is 4. The first kappa shape index (κ1) is 17.9. The molecule has 1 N–H and O–H groups in total. The Morgan fingerprint density at radius 3 is 2.56 bits per heavy atom. The first-order valence-corrected chi connectivity index (χ1v) is 9.19. The molecule has 3 nitrogen and oxygen atoms in total. The molecule has 0 aliphatic carbocycles. The van der Waals surface area contributed by atoms with Crippen molar-refractivity contribution in [3.8, 4) is 11.5 Å². The van der Waals surface area contributed by atoms with Crippen molar-refractivity contribution in [3.05, 3.63) is 99.5 Å². The van der Waals surface area contributed by atoms with Gasteiger partial charge in [-0.05, 0) is 41.5 Å². The third-order valence-electron chi connectivity index (χ3n) is 4.29. The lowest BCUT2D eigenvalue weighted by atomic mass is 9.95. The molecule has 0 saturated carbocycles. The maximum atomic E-state index is 10.1. The highest BCUT2D eigenvalue weighted by atomic mass is 35.5. The molecule has 0 saturated heterocycles. The van der Waals surface area contributed by atoms with Gasteiger partial charge < -0.3 is 14.6 Å². The molecule has 1 unspecified atom stereocenters. The Kier molecular flexibility index (Phi) is 5.08. The van der Waals surface area contributed by atoms with Crippen molar-refractivity contribution < 1.29 is 14.6 Å². The van der Waals surface area contributed by atoms with Crippen LogP contribution in [-0.4, -0.2) is 11.4 Å². The van der Waals surface area contributed by atoms with Gasteiger partial charge in [-0.3, -0.25) is 0 Å². The summed E-state index contributed by atoms with van der Waals surface area (Å²) in [6.07, 6.45) is 0.694. The van der Waals surface area contributed by atoms with E-state index in [4.69, 9.17) is 32.7 Å². The Balaban J connectivity index is 1.58. The molecule has 0 bridgehead atoms. The molecule has 1 heterocycles. The number of halogens is 2. The molecular formula is C22H16Cl2O3. The highest BCUT2D eigenvalue weighted by molar-refractivity contribution is 6.35. The molecule has 0 radical (unpaired) electrons. The standard InChI is InChI=1S/C22H16Cl2O3/c23-16-7-6-15(20(24)10-16)13-26-17-8-9-18-19(14-4-2-1-3-5-14)12-22(25)27-21(18)11-17/h1-12,22,25H,13H2. The van der Waals surface area contributed by atoms with E-state index in [1.54, 1.807) is 24.3 Å². The van der Waals surface area contributed by atoms with Crippen molar-refractivity contribution in [2.45, 2.75) is 12.9 Å². The fourth-order valence-corrected chi connectivity index (χ4v) is 3.44. The normalized spacial score (nSPS) is 15.5. The van der Waals surface area contributed by atoms with Crippen LogP contribution in [0.5, 0.6) is 11.5 Å². The molecule has 5 heteroatoms. The van der Waals surface area contributed by atoms with Crippen LogP contribution in [0.3, 0.4) is 0 Å². The molecule has 0 spiro atoms. The SMILES string of the molecule is OC1C=C(c2ccccc2)c2ccc(OCc3ccc(Cl)cc3Cl)cc2O1. The minimum Gasteiger partial charge on any atom is -0.489 e. The van der Waals surface area contributed by atoms with Crippen LogP contribution in [0.2, 0.25) is 10.0 Å². The Labute approximate surface area is 167 Å². The van der Waals surface area contributed by atoms with Crippen molar-refractivity contribution in [2.75, 3.05) is 0 Å². The van der Waals surface area contributed by atoms with Gasteiger partial charge >= 0.3 is 0 Å². The monoisotopic (exact) mass is 398 g/mol. The number of ether oxygens (including phenoxy) is 2. The van der Waals surface area contributed by atoms with E-state index in [1.165, 1.54) is 0 Å². The minimum absolute atomic E-state index is 0.304. The van der Waals surface area contributed by atoms with E-state index in [9.17, 15) is 5.11 Å². The Morgan fingerprint density at radius 1 is 0.963 bits per heavy atom. The maximum Gasteiger partial charge on any atom is 0.218 e. The molecule has 0 amide bonds. The molecule has 0 aromatic heterocycles.